The van der Waals surface area contributed by atoms with Crippen LogP contribution in [0.3, 0.4) is 0 Å². The molecule has 1 N–H and O–H groups in total. The summed E-state index contributed by atoms with van der Waals surface area (Å²) in [6.45, 7) is 7.14. The van der Waals surface area contributed by atoms with Crippen LogP contribution in [0.5, 0.6) is 0 Å². The van der Waals surface area contributed by atoms with Crippen molar-refractivity contribution in [1.29, 1.82) is 0 Å². The summed E-state index contributed by atoms with van der Waals surface area (Å²) in [5, 5.41) is 8.91. The highest BCUT2D eigenvalue weighted by Crippen LogP contribution is 2.19. The molecule has 0 unspecified atom stereocenters. The molecule has 3 heteroatoms. The van der Waals surface area contributed by atoms with Crippen molar-refractivity contribution >= 4 is 0 Å². The molecule has 2 heterocycles. The third-order valence-corrected chi connectivity index (χ3v) is 3.11. The van der Waals surface area contributed by atoms with Gasteiger partial charge in [-0.1, -0.05) is 6.07 Å². The summed E-state index contributed by atoms with van der Waals surface area (Å²) in [7, 11) is 0. The molecule has 0 amide bonds. The molecule has 0 spiro atoms. The molecule has 0 atom stereocenters. The lowest BCUT2D eigenvalue weighted by atomic mass is 10.0. The molecule has 2 rings (SSSR count). The molecule has 0 fully saturated rings. The van der Waals surface area contributed by atoms with E-state index in [4.69, 9.17) is 5.11 Å². The van der Waals surface area contributed by atoms with Crippen molar-refractivity contribution in [3.8, 4) is 0 Å². The molecular weight excluding hydrogens is 188 g/mol. The van der Waals surface area contributed by atoms with Crippen LogP contribution < -0.4 is 0 Å². The molecule has 15 heavy (non-hydrogen) atoms. The molecule has 0 saturated heterocycles. The number of aliphatic hydroxyl groups is 1. The Morgan fingerprint density at radius 2 is 2.27 bits per heavy atom. The highest BCUT2D eigenvalue weighted by atomic mass is 16.3. The molecule has 1 aromatic heterocycles. The van der Waals surface area contributed by atoms with Crippen molar-refractivity contribution < 1.29 is 5.11 Å². The number of aromatic nitrogens is 1. The first-order valence-corrected chi connectivity index (χ1v) is 5.50. The number of β-amino-alcohol motifs (C(OH)–C–C–N with tert-alkyl or cyclic N) is 1. The molecule has 0 radical (unpaired) electrons. The molecule has 1 aromatic rings. The second-order valence-corrected chi connectivity index (χ2v) is 4.25. The fourth-order valence-electron chi connectivity index (χ4n) is 2.08. The van der Waals surface area contributed by atoms with Crippen LogP contribution in [-0.2, 0) is 13.0 Å². The molecule has 0 bridgehead atoms. The van der Waals surface area contributed by atoms with Crippen molar-refractivity contribution in [3.05, 3.63) is 28.6 Å². The second-order valence-electron chi connectivity index (χ2n) is 4.25. The molecule has 0 aliphatic carbocycles. The first-order valence-electron chi connectivity index (χ1n) is 5.50. The van der Waals surface area contributed by atoms with E-state index in [-0.39, 0.29) is 6.61 Å². The number of hydrogen-bond donors (Lipinski definition) is 1. The average molecular weight is 206 g/mol. The first-order chi connectivity index (χ1) is 7.20. The quantitative estimate of drug-likeness (QED) is 0.785. The molecule has 82 valence electrons. The topological polar surface area (TPSA) is 36.4 Å². The number of rotatable bonds is 2. The van der Waals surface area contributed by atoms with E-state index in [1.165, 1.54) is 16.8 Å². The Bertz CT molecular complexity index is 363. The third-order valence-electron chi connectivity index (χ3n) is 3.11. The fourth-order valence-corrected chi connectivity index (χ4v) is 2.08. The summed E-state index contributed by atoms with van der Waals surface area (Å²) in [5.41, 5.74) is 4.98. The van der Waals surface area contributed by atoms with Crippen LogP contribution in [0.15, 0.2) is 6.07 Å². The zero-order valence-corrected chi connectivity index (χ0v) is 9.45. The van der Waals surface area contributed by atoms with E-state index in [0.29, 0.717) is 0 Å². The number of aryl methyl sites for hydroxylation is 2. The lowest BCUT2D eigenvalue weighted by Gasteiger charge is -2.28. The summed E-state index contributed by atoms with van der Waals surface area (Å²) in [6, 6.07) is 2.24. The summed E-state index contributed by atoms with van der Waals surface area (Å²) in [4.78, 5) is 6.90. The van der Waals surface area contributed by atoms with Crippen LogP contribution in [0.4, 0.5) is 0 Å². The molecule has 1 aliphatic heterocycles. The zero-order valence-electron chi connectivity index (χ0n) is 9.45. The van der Waals surface area contributed by atoms with E-state index in [2.05, 4.69) is 29.8 Å². The first kappa shape index (κ1) is 10.6. The van der Waals surface area contributed by atoms with Gasteiger partial charge in [0.15, 0.2) is 0 Å². The maximum Gasteiger partial charge on any atom is 0.0558 e. The van der Waals surface area contributed by atoms with Gasteiger partial charge in [-0.15, -0.1) is 0 Å². The van der Waals surface area contributed by atoms with Crippen LogP contribution in [0.2, 0.25) is 0 Å². The van der Waals surface area contributed by atoms with Crippen molar-refractivity contribution in [3.63, 3.8) is 0 Å². The minimum absolute atomic E-state index is 0.244. The summed E-state index contributed by atoms with van der Waals surface area (Å²) >= 11 is 0. The van der Waals surface area contributed by atoms with Crippen molar-refractivity contribution in [2.75, 3.05) is 19.7 Å². The summed E-state index contributed by atoms with van der Waals surface area (Å²) < 4.78 is 0. The summed E-state index contributed by atoms with van der Waals surface area (Å²) in [6.07, 6.45) is 1.01. The Labute approximate surface area is 90.8 Å². The van der Waals surface area contributed by atoms with E-state index >= 15 is 0 Å². The standard InChI is InChI=1S/C12H18N2O/c1-9-7-11-8-14(5-6-15)4-3-12(11)13-10(9)2/h7,15H,3-6,8H2,1-2H3. The Morgan fingerprint density at radius 1 is 1.47 bits per heavy atom. The normalized spacial score (nSPS) is 16.5. The van der Waals surface area contributed by atoms with Crippen molar-refractivity contribution in [2.45, 2.75) is 26.8 Å². The number of hydrogen-bond acceptors (Lipinski definition) is 3. The lowest BCUT2D eigenvalue weighted by Crippen LogP contribution is -2.33. The molecule has 3 nitrogen and oxygen atoms in total. The number of pyridine rings is 1. The second kappa shape index (κ2) is 4.29. The van der Waals surface area contributed by atoms with Crippen LogP contribution in [0, 0.1) is 13.8 Å². The van der Waals surface area contributed by atoms with Crippen molar-refractivity contribution in [2.24, 2.45) is 0 Å². The van der Waals surface area contributed by atoms with Crippen LogP contribution in [0.1, 0.15) is 22.5 Å². The van der Waals surface area contributed by atoms with E-state index in [9.17, 15) is 0 Å². The van der Waals surface area contributed by atoms with Gasteiger partial charge in [-0.25, -0.2) is 0 Å². The van der Waals surface area contributed by atoms with Gasteiger partial charge in [0.05, 0.1) is 6.61 Å². The number of aliphatic hydroxyl groups excluding tert-OH is 1. The van der Waals surface area contributed by atoms with E-state index in [1.54, 1.807) is 0 Å². The summed E-state index contributed by atoms with van der Waals surface area (Å²) in [5.74, 6) is 0. The molecular formula is C12H18N2O. The SMILES string of the molecule is Cc1cc2c(nc1C)CCN(CCO)C2. The zero-order chi connectivity index (χ0) is 10.8. The van der Waals surface area contributed by atoms with Gasteiger partial charge in [0.25, 0.3) is 0 Å². The van der Waals surface area contributed by atoms with Crippen LogP contribution >= 0.6 is 0 Å². The van der Waals surface area contributed by atoms with E-state index < -0.39 is 0 Å². The Hall–Kier alpha value is -0.930. The Morgan fingerprint density at radius 3 is 3.00 bits per heavy atom. The fraction of sp³-hybridized carbons (Fsp3) is 0.583. The van der Waals surface area contributed by atoms with Gasteiger partial charge in [-0.2, -0.15) is 0 Å². The van der Waals surface area contributed by atoms with Gasteiger partial charge < -0.3 is 5.11 Å². The molecule has 0 aromatic carbocycles. The van der Waals surface area contributed by atoms with Gasteiger partial charge in [0.1, 0.15) is 0 Å². The van der Waals surface area contributed by atoms with E-state index in [0.717, 1.165) is 31.7 Å². The number of nitrogens with zero attached hydrogens (tertiary/aromatic N) is 2. The maximum atomic E-state index is 8.91. The minimum Gasteiger partial charge on any atom is -0.395 e. The molecule has 1 aliphatic rings. The average Bonchev–Trinajstić information content (AvgIpc) is 2.21. The Kier molecular flexibility index (Phi) is 3.03. The highest BCUT2D eigenvalue weighted by Gasteiger charge is 2.17. The largest absolute Gasteiger partial charge is 0.395 e. The maximum absolute atomic E-state index is 8.91. The highest BCUT2D eigenvalue weighted by molar-refractivity contribution is 5.30. The smallest absolute Gasteiger partial charge is 0.0558 e. The number of fused-ring (bicyclic) bond motifs is 1. The third kappa shape index (κ3) is 2.19. The predicted molar refractivity (Wildman–Crippen MR) is 59.8 cm³/mol. The van der Waals surface area contributed by atoms with Gasteiger partial charge in [0, 0.05) is 37.4 Å². The predicted octanol–water partition coefficient (Wildman–Crippen LogP) is 1.05. The van der Waals surface area contributed by atoms with Crippen LogP contribution in [-0.4, -0.2) is 34.7 Å². The van der Waals surface area contributed by atoms with E-state index in [1.807, 2.05) is 0 Å². The van der Waals surface area contributed by atoms with Gasteiger partial charge in [-0.3, -0.25) is 9.88 Å². The van der Waals surface area contributed by atoms with Crippen molar-refractivity contribution in [1.82, 2.24) is 9.88 Å². The lowest BCUT2D eigenvalue weighted by molar-refractivity contribution is 0.183. The minimum atomic E-state index is 0.244. The van der Waals surface area contributed by atoms with Gasteiger partial charge in [-0.05, 0) is 25.0 Å². The Balaban J connectivity index is 2.22. The monoisotopic (exact) mass is 206 g/mol. The molecule has 0 saturated carbocycles. The van der Waals surface area contributed by atoms with Crippen LogP contribution in [0.25, 0.3) is 0 Å². The van der Waals surface area contributed by atoms with Gasteiger partial charge >= 0.3 is 0 Å². The van der Waals surface area contributed by atoms with Gasteiger partial charge in [0.2, 0.25) is 0 Å².